The highest BCUT2D eigenvalue weighted by atomic mass is 32.2. The van der Waals surface area contributed by atoms with Crippen LogP contribution in [0.3, 0.4) is 0 Å². The fourth-order valence-electron chi connectivity index (χ4n) is 3.06. The molecule has 0 saturated carbocycles. The average Bonchev–Trinajstić information content (AvgIpc) is 2.65. The third-order valence-corrected chi connectivity index (χ3v) is 6.50. The lowest BCUT2D eigenvalue weighted by atomic mass is 9.97. The number of halogens is 1. The van der Waals surface area contributed by atoms with E-state index in [4.69, 9.17) is 0 Å². The van der Waals surface area contributed by atoms with E-state index in [0.717, 1.165) is 5.56 Å². The van der Waals surface area contributed by atoms with E-state index in [1.807, 2.05) is 0 Å². The Morgan fingerprint density at radius 3 is 2.38 bits per heavy atom. The maximum atomic E-state index is 13.9. The molecule has 1 saturated heterocycles. The molecule has 1 heterocycles. The average molecular weight is 376 g/mol. The third-order valence-electron chi connectivity index (χ3n) is 4.59. The van der Waals surface area contributed by atoms with Gasteiger partial charge in [0, 0.05) is 19.0 Å². The molecule has 0 aromatic heterocycles. The molecule has 0 radical (unpaired) electrons. The molecule has 1 aliphatic heterocycles. The van der Waals surface area contributed by atoms with E-state index in [2.05, 4.69) is 5.32 Å². The number of rotatable bonds is 4. The van der Waals surface area contributed by atoms with Crippen LogP contribution in [0.25, 0.3) is 0 Å². The van der Waals surface area contributed by atoms with Crippen molar-refractivity contribution in [3.63, 3.8) is 0 Å². The van der Waals surface area contributed by atoms with Gasteiger partial charge >= 0.3 is 0 Å². The number of nitrogens with zero attached hydrogens (tertiary/aromatic N) is 1. The number of amides is 1. The van der Waals surface area contributed by atoms with Crippen LogP contribution in [0.1, 0.15) is 18.4 Å². The molecule has 3 rings (SSSR count). The Kier molecular flexibility index (Phi) is 5.38. The van der Waals surface area contributed by atoms with Crippen molar-refractivity contribution < 1.29 is 17.6 Å². The van der Waals surface area contributed by atoms with E-state index in [0.29, 0.717) is 12.8 Å². The first-order valence-corrected chi connectivity index (χ1v) is 9.94. The lowest BCUT2D eigenvalue weighted by Gasteiger charge is -2.30. The minimum absolute atomic E-state index is 0.153. The minimum Gasteiger partial charge on any atom is -0.323 e. The standard InChI is InChI=1S/C19H21FN2O3S/c1-14-7-8-18(17(20)13-14)21-19(23)15-9-11-22(12-10-15)26(24,25)16-5-3-2-4-6-16/h2-8,13,15H,9-12H2,1H3,(H,21,23). The zero-order valence-corrected chi connectivity index (χ0v) is 15.3. The van der Waals surface area contributed by atoms with Gasteiger partial charge in [0.15, 0.2) is 0 Å². The second kappa shape index (κ2) is 7.55. The molecule has 138 valence electrons. The van der Waals surface area contributed by atoms with Gasteiger partial charge in [0.2, 0.25) is 15.9 Å². The molecule has 1 aliphatic rings. The summed E-state index contributed by atoms with van der Waals surface area (Å²) in [5.74, 6) is -1.08. The summed E-state index contributed by atoms with van der Waals surface area (Å²) >= 11 is 0. The first-order chi connectivity index (χ1) is 12.4. The fourth-order valence-corrected chi connectivity index (χ4v) is 4.55. The highest BCUT2D eigenvalue weighted by Gasteiger charge is 2.32. The van der Waals surface area contributed by atoms with Gasteiger partial charge in [-0.15, -0.1) is 0 Å². The molecular weight excluding hydrogens is 355 g/mol. The van der Waals surface area contributed by atoms with Crippen LogP contribution in [0.4, 0.5) is 10.1 Å². The van der Waals surface area contributed by atoms with Crippen molar-refractivity contribution in [2.75, 3.05) is 18.4 Å². The number of carbonyl (C=O) groups excluding carboxylic acids is 1. The number of benzene rings is 2. The number of piperidine rings is 1. The first kappa shape index (κ1) is 18.5. The lowest BCUT2D eigenvalue weighted by molar-refractivity contribution is -0.120. The number of hydrogen-bond acceptors (Lipinski definition) is 3. The van der Waals surface area contributed by atoms with Gasteiger partial charge in [-0.2, -0.15) is 4.31 Å². The molecule has 1 amide bonds. The smallest absolute Gasteiger partial charge is 0.243 e. The van der Waals surface area contributed by atoms with Gasteiger partial charge in [0.05, 0.1) is 10.6 Å². The number of hydrogen-bond donors (Lipinski definition) is 1. The maximum absolute atomic E-state index is 13.9. The van der Waals surface area contributed by atoms with Crippen LogP contribution < -0.4 is 5.32 Å². The molecule has 0 bridgehead atoms. The van der Waals surface area contributed by atoms with Gasteiger partial charge < -0.3 is 5.32 Å². The van der Waals surface area contributed by atoms with Crippen LogP contribution in [-0.4, -0.2) is 31.7 Å². The summed E-state index contributed by atoms with van der Waals surface area (Å²) in [6.07, 6.45) is 0.816. The van der Waals surface area contributed by atoms with Crippen molar-refractivity contribution in [3.05, 3.63) is 59.9 Å². The molecule has 7 heteroatoms. The van der Waals surface area contributed by atoms with Crippen molar-refractivity contribution >= 4 is 21.6 Å². The molecule has 2 aromatic carbocycles. The lowest BCUT2D eigenvalue weighted by Crippen LogP contribution is -2.41. The molecule has 0 spiro atoms. The topological polar surface area (TPSA) is 66.5 Å². The Labute approximate surface area is 152 Å². The Morgan fingerprint density at radius 1 is 1.12 bits per heavy atom. The second-order valence-corrected chi connectivity index (χ2v) is 8.40. The van der Waals surface area contributed by atoms with Crippen molar-refractivity contribution in [1.29, 1.82) is 0 Å². The van der Waals surface area contributed by atoms with E-state index in [1.165, 1.54) is 16.4 Å². The number of nitrogens with one attached hydrogen (secondary N) is 1. The Bertz CT molecular complexity index is 892. The number of aryl methyl sites for hydroxylation is 1. The van der Waals surface area contributed by atoms with Crippen LogP contribution in [0.5, 0.6) is 0 Å². The molecule has 26 heavy (non-hydrogen) atoms. The van der Waals surface area contributed by atoms with Crippen molar-refractivity contribution in [2.24, 2.45) is 5.92 Å². The van der Waals surface area contributed by atoms with Crippen LogP contribution in [-0.2, 0) is 14.8 Å². The summed E-state index contributed by atoms with van der Waals surface area (Å²) in [4.78, 5) is 12.6. The monoisotopic (exact) mass is 376 g/mol. The summed E-state index contributed by atoms with van der Waals surface area (Å²) in [5.41, 5.74) is 0.930. The van der Waals surface area contributed by atoms with Gasteiger partial charge in [-0.1, -0.05) is 24.3 Å². The summed E-state index contributed by atoms with van der Waals surface area (Å²) in [7, 11) is -3.54. The fraction of sp³-hybridized carbons (Fsp3) is 0.316. The van der Waals surface area contributed by atoms with Gasteiger partial charge in [-0.3, -0.25) is 4.79 Å². The van der Waals surface area contributed by atoms with Crippen LogP contribution in [0.2, 0.25) is 0 Å². The maximum Gasteiger partial charge on any atom is 0.243 e. The number of anilines is 1. The van der Waals surface area contributed by atoms with Crippen molar-refractivity contribution in [2.45, 2.75) is 24.7 Å². The molecule has 0 aliphatic carbocycles. The van der Waals surface area contributed by atoms with Crippen molar-refractivity contribution in [1.82, 2.24) is 4.31 Å². The normalized spacial score (nSPS) is 16.4. The Balaban J connectivity index is 1.62. The molecule has 0 atom stereocenters. The quantitative estimate of drug-likeness (QED) is 0.891. The van der Waals surface area contributed by atoms with Crippen LogP contribution in [0, 0.1) is 18.7 Å². The largest absolute Gasteiger partial charge is 0.323 e. The summed E-state index contributed by atoms with van der Waals surface area (Å²) in [5, 5.41) is 2.61. The van der Waals surface area contributed by atoms with E-state index in [-0.39, 0.29) is 35.5 Å². The molecule has 1 fully saturated rings. The molecule has 0 unspecified atom stereocenters. The van der Waals surface area contributed by atoms with Crippen molar-refractivity contribution in [3.8, 4) is 0 Å². The molecule has 5 nitrogen and oxygen atoms in total. The summed E-state index contributed by atoms with van der Waals surface area (Å²) in [6, 6.07) is 12.9. The summed E-state index contributed by atoms with van der Waals surface area (Å²) in [6.45, 7) is 2.31. The summed E-state index contributed by atoms with van der Waals surface area (Å²) < 4.78 is 40.5. The van der Waals surface area contributed by atoms with E-state index < -0.39 is 15.8 Å². The molecule has 2 aromatic rings. The van der Waals surface area contributed by atoms with Gasteiger partial charge in [0.25, 0.3) is 0 Å². The predicted octanol–water partition coefficient (Wildman–Crippen LogP) is 3.17. The van der Waals surface area contributed by atoms with E-state index in [9.17, 15) is 17.6 Å². The van der Waals surface area contributed by atoms with E-state index >= 15 is 0 Å². The minimum atomic E-state index is -3.54. The number of sulfonamides is 1. The second-order valence-electron chi connectivity index (χ2n) is 6.46. The first-order valence-electron chi connectivity index (χ1n) is 8.50. The van der Waals surface area contributed by atoms with Crippen LogP contribution in [0.15, 0.2) is 53.4 Å². The van der Waals surface area contributed by atoms with Gasteiger partial charge in [-0.05, 0) is 49.6 Å². The molecular formula is C19H21FN2O3S. The van der Waals surface area contributed by atoms with Gasteiger partial charge in [-0.25, -0.2) is 12.8 Å². The highest BCUT2D eigenvalue weighted by Crippen LogP contribution is 2.25. The van der Waals surface area contributed by atoms with E-state index in [1.54, 1.807) is 43.3 Å². The third kappa shape index (κ3) is 3.94. The van der Waals surface area contributed by atoms with Gasteiger partial charge in [0.1, 0.15) is 5.82 Å². The van der Waals surface area contributed by atoms with Crippen LogP contribution >= 0.6 is 0 Å². The zero-order valence-electron chi connectivity index (χ0n) is 14.5. The Hall–Kier alpha value is -2.25. The molecule has 1 N–H and O–H groups in total. The predicted molar refractivity (Wildman–Crippen MR) is 97.7 cm³/mol. The highest BCUT2D eigenvalue weighted by molar-refractivity contribution is 7.89. The number of carbonyl (C=O) groups is 1. The zero-order chi connectivity index (χ0) is 18.7. The SMILES string of the molecule is Cc1ccc(NC(=O)C2CCN(S(=O)(=O)c3ccccc3)CC2)c(F)c1. The Morgan fingerprint density at radius 2 is 1.77 bits per heavy atom.